The number of aromatic nitrogens is 2. The fourth-order valence-electron chi connectivity index (χ4n) is 1.20. The molecule has 6 heteroatoms. The Morgan fingerprint density at radius 1 is 1.53 bits per heavy atom. The Labute approximate surface area is 87.4 Å². The molecule has 0 saturated carbocycles. The monoisotopic (exact) mass is 211 g/mol. The van der Waals surface area contributed by atoms with Gasteiger partial charge in [-0.15, -0.1) is 0 Å². The lowest BCUT2D eigenvalue weighted by Crippen LogP contribution is -2.38. The fraction of sp³-hybridized carbons (Fsp3) is 0.556. The van der Waals surface area contributed by atoms with Crippen molar-refractivity contribution in [3.63, 3.8) is 0 Å². The van der Waals surface area contributed by atoms with Gasteiger partial charge in [0, 0.05) is 13.2 Å². The first-order valence-corrected chi connectivity index (χ1v) is 4.64. The maximum Gasteiger partial charge on any atom is 0.219 e. The number of anilines is 1. The van der Waals surface area contributed by atoms with Crippen molar-refractivity contribution in [2.75, 3.05) is 26.1 Å². The molecule has 1 aliphatic heterocycles. The number of methoxy groups -OCH3 is 1. The molecule has 2 N–H and O–H groups in total. The topological polar surface area (TPSA) is 79.5 Å². The third kappa shape index (κ3) is 2.54. The average Bonchev–Trinajstić information content (AvgIpc) is 2.11. The molecule has 0 aliphatic carbocycles. The molecule has 1 fully saturated rings. The molecule has 0 amide bonds. The van der Waals surface area contributed by atoms with E-state index >= 15 is 0 Å². The van der Waals surface area contributed by atoms with Crippen molar-refractivity contribution >= 4 is 5.82 Å². The van der Waals surface area contributed by atoms with E-state index in [1.54, 1.807) is 13.2 Å². The van der Waals surface area contributed by atoms with E-state index in [9.17, 15) is 0 Å². The summed E-state index contributed by atoms with van der Waals surface area (Å²) in [4.78, 5) is 8.16. The summed E-state index contributed by atoms with van der Waals surface area (Å²) < 4.78 is 15.4. The molecule has 0 aromatic carbocycles. The molecule has 1 aliphatic rings. The summed E-state index contributed by atoms with van der Waals surface area (Å²) in [7, 11) is 1.58. The van der Waals surface area contributed by atoms with Crippen LogP contribution in [0.2, 0.25) is 0 Å². The van der Waals surface area contributed by atoms with Crippen LogP contribution in [0.15, 0.2) is 6.07 Å². The number of nitrogen functional groups attached to an aromatic ring is 1. The molecule has 0 unspecified atom stereocenters. The van der Waals surface area contributed by atoms with Gasteiger partial charge in [0.05, 0.1) is 13.2 Å². The van der Waals surface area contributed by atoms with E-state index in [0.717, 1.165) is 0 Å². The van der Waals surface area contributed by atoms with Gasteiger partial charge in [0.2, 0.25) is 5.88 Å². The summed E-state index contributed by atoms with van der Waals surface area (Å²) in [5, 5.41) is 0. The zero-order valence-electron chi connectivity index (χ0n) is 8.47. The number of rotatable bonds is 4. The average molecular weight is 211 g/mol. The van der Waals surface area contributed by atoms with Crippen LogP contribution < -0.4 is 10.5 Å². The summed E-state index contributed by atoms with van der Waals surface area (Å²) in [6, 6.07) is 1.59. The largest absolute Gasteiger partial charge is 0.469 e. The number of ether oxygens (including phenoxy) is 3. The van der Waals surface area contributed by atoms with Crippen LogP contribution in [0.25, 0.3) is 0 Å². The number of hydrogen-bond donors (Lipinski definition) is 1. The Balaban J connectivity index is 2.07. The van der Waals surface area contributed by atoms with Crippen molar-refractivity contribution in [2.45, 2.75) is 12.7 Å². The maximum absolute atomic E-state index is 5.61. The molecular weight excluding hydrogens is 198 g/mol. The molecule has 0 bridgehead atoms. The van der Waals surface area contributed by atoms with Crippen LogP contribution in [0.5, 0.6) is 5.88 Å². The maximum atomic E-state index is 5.61. The molecule has 82 valence electrons. The summed E-state index contributed by atoms with van der Waals surface area (Å²) in [6.07, 6.45) is 0.0784. The molecular formula is C9H13N3O3. The molecule has 0 spiro atoms. The molecule has 2 heterocycles. The molecule has 1 aromatic heterocycles. The van der Waals surface area contributed by atoms with Crippen LogP contribution >= 0.6 is 0 Å². The van der Waals surface area contributed by atoms with Crippen molar-refractivity contribution in [1.29, 1.82) is 0 Å². The SMILES string of the molecule is COCc1nc(N)cc(OC2COC2)n1. The van der Waals surface area contributed by atoms with Gasteiger partial charge < -0.3 is 19.9 Å². The second-order valence-electron chi connectivity index (χ2n) is 3.26. The highest BCUT2D eigenvalue weighted by atomic mass is 16.6. The summed E-state index contributed by atoms with van der Waals surface area (Å²) in [6.45, 7) is 1.52. The number of hydrogen-bond acceptors (Lipinski definition) is 6. The fourth-order valence-corrected chi connectivity index (χ4v) is 1.20. The van der Waals surface area contributed by atoms with Crippen molar-refractivity contribution in [1.82, 2.24) is 9.97 Å². The van der Waals surface area contributed by atoms with E-state index in [-0.39, 0.29) is 6.10 Å². The summed E-state index contributed by atoms with van der Waals surface area (Å²) in [5.74, 6) is 1.38. The van der Waals surface area contributed by atoms with Crippen LogP contribution in [-0.4, -0.2) is 36.4 Å². The lowest BCUT2D eigenvalue weighted by atomic mass is 10.3. The molecule has 6 nitrogen and oxygen atoms in total. The first kappa shape index (κ1) is 10.1. The van der Waals surface area contributed by atoms with E-state index in [4.69, 9.17) is 19.9 Å². The van der Waals surface area contributed by atoms with Gasteiger partial charge >= 0.3 is 0 Å². The van der Waals surface area contributed by atoms with E-state index < -0.39 is 0 Å². The lowest BCUT2D eigenvalue weighted by Gasteiger charge is -2.26. The van der Waals surface area contributed by atoms with Crippen molar-refractivity contribution in [2.24, 2.45) is 0 Å². The van der Waals surface area contributed by atoms with Crippen LogP contribution in [-0.2, 0) is 16.1 Å². The normalized spacial score (nSPS) is 16.1. The third-order valence-corrected chi connectivity index (χ3v) is 1.94. The van der Waals surface area contributed by atoms with E-state index in [2.05, 4.69) is 9.97 Å². The van der Waals surface area contributed by atoms with Crippen LogP contribution in [0, 0.1) is 0 Å². The highest BCUT2D eigenvalue weighted by Crippen LogP contribution is 2.15. The summed E-state index contributed by atoms with van der Waals surface area (Å²) in [5.41, 5.74) is 5.61. The molecule has 0 atom stereocenters. The van der Waals surface area contributed by atoms with Gasteiger partial charge in [-0.05, 0) is 0 Å². The predicted molar refractivity (Wildman–Crippen MR) is 52.4 cm³/mol. The minimum atomic E-state index is 0.0784. The van der Waals surface area contributed by atoms with E-state index in [1.807, 2.05) is 0 Å². The van der Waals surface area contributed by atoms with Crippen molar-refractivity contribution < 1.29 is 14.2 Å². The first-order valence-electron chi connectivity index (χ1n) is 4.64. The van der Waals surface area contributed by atoms with Crippen molar-refractivity contribution in [3.05, 3.63) is 11.9 Å². The standard InChI is InChI=1S/C9H13N3O3/c1-13-5-8-11-7(10)2-9(12-8)15-6-3-14-4-6/h2,6H,3-5H2,1H3,(H2,10,11,12). The van der Waals surface area contributed by atoms with Crippen LogP contribution in [0.3, 0.4) is 0 Å². The van der Waals surface area contributed by atoms with Crippen LogP contribution in [0.4, 0.5) is 5.82 Å². The Hall–Kier alpha value is -1.40. The Kier molecular flexibility index (Phi) is 2.98. The van der Waals surface area contributed by atoms with Gasteiger partial charge in [0.25, 0.3) is 0 Å². The Bertz CT molecular complexity index is 341. The van der Waals surface area contributed by atoms with E-state index in [1.165, 1.54) is 0 Å². The van der Waals surface area contributed by atoms with Gasteiger partial charge in [-0.25, -0.2) is 4.98 Å². The minimum Gasteiger partial charge on any atom is -0.469 e. The highest BCUT2D eigenvalue weighted by molar-refractivity contribution is 5.32. The smallest absolute Gasteiger partial charge is 0.219 e. The van der Waals surface area contributed by atoms with Crippen LogP contribution in [0.1, 0.15) is 5.82 Å². The van der Waals surface area contributed by atoms with Gasteiger partial charge in [-0.2, -0.15) is 4.98 Å². The molecule has 1 aromatic rings. The molecule has 0 radical (unpaired) electrons. The zero-order chi connectivity index (χ0) is 10.7. The second-order valence-corrected chi connectivity index (χ2v) is 3.26. The van der Waals surface area contributed by atoms with Gasteiger partial charge in [-0.1, -0.05) is 0 Å². The third-order valence-electron chi connectivity index (χ3n) is 1.94. The number of nitrogens with two attached hydrogens (primary N) is 1. The Morgan fingerprint density at radius 2 is 2.33 bits per heavy atom. The Morgan fingerprint density at radius 3 is 2.93 bits per heavy atom. The van der Waals surface area contributed by atoms with Gasteiger partial charge in [-0.3, -0.25) is 0 Å². The second kappa shape index (κ2) is 4.41. The quantitative estimate of drug-likeness (QED) is 0.754. The molecule has 15 heavy (non-hydrogen) atoms. The summed E-state index contributed by atoms with van der Waals surface area (Å²) >= 11 is 0. The van der Waals surface area contributed by atoms with Gasteiger partial charge in [0.1, 0.15) is 18.5 Å². The lowest BCUT2D eigenvalue weighted by molar-refractivity contribution is -0.0814. The highest BCUT2D eigenvalue weighted by Gasteiger charge is 2.21. The first-order chi connectivity index (χ1) is 7.28. The zero-order valence-corrected chi connectivity index (χ0v) is 8.47. The predicted octanol–water partition coefficient (Wildman–Crippen LogP) is -0.0172. The number of nitrogens with zero attached hydrogens (tertiary/aromatic N) is 2. The van der Waals surface area contributed by atoms with E-state index in [0.29, 0.717) is 37.3 Å². The van der Waals surface area contributed by atoms with Gasteiger partial charge in [0.15, 0.2) is 5.82 Å². The van der Waals surface area contributed by atoms with Crippen molar-refractivity contribution in [3.8, 4) is 5.88 Å². The molecule has 1 saturated heterocycles. The molecule has 2 rings (SSSR count). The minimum absolute atomic E-state index is 0.0784.